The first-order chi connectivity index (χ1) is 7.19. The molecule has 1 aromatic heterocycles. The zero-order valence-electron chi connectivity index (χ0n) is 8.23. The normalized spacial score (nSPS) is 9.33. The summed E-state index contributed by atoms with van der Waals surface area (Å²) in [5.74, 6) is 0.393. The Labute approximate surface area is 86.7 Å². The first-order valence-corrected chi connectivity index (χ1v) is 4.47. The average Bonchev–Trinajstić information content (AvgIpc) is 2.25. The molecule has 0 aromatic carbocycles. The lowest BCUT2D eigenvalue weighted by Gasteiger charge is -2.04. The number of hydrogen-bond acceptors (Lipinski definition) is 5. The molecule has 0 aliphatic rings. The molecule has 0 spiro atoms. The molecule has 15 heavy (non-hydrogen) atoms. The van der Waals surface area contributed by atoms with E-state index in [0.717, 1.165) is 12.6 Å². The highest BCUT2D eigenvalue weighted by Crippen LogP contribution is 2.17. The van der Waals surface area contributed by atoms with E-state index in [1.165, 1.54) is 6.07 Å². The SMILES string of the molecule is CCCNc1ncc([N+](=O)[O-])cc1C#N. The van der Waals surface area contributed by atoms with Crippen molar-refractivity contribution in [1.29, 1.82) is 5.26 Å². The highest BCUT2D eigenvalue weighted by molar-refractivity contribution is 5.55. The van der Waals surface area contributed by atoms with Gasteiger partial charge in [0, 0.05) is 12.6 Å². The maximum atomic E-state index is 10.4. The minimum absolute atomic E-state index is 0.173. The van der Waals surface area contributed by atoms with Crippen molar-refractivity contribution in [3.63, 3.8) is 0 Å². The predicted octanol–water partition coefficient (Wildman–Crippen LogP) is 1.68. The second-order valence-corrected chi connectivity index (χ2v) is 2.89. The van der Waals surface area contributed by atoms with Gasteiger partial charge in [-0.05, 0) is 6.42 Å². The fourth-order valence-electron chi connectivity index (χ4n) is 1.02. The van der Waals surface area contributed by atoms with E-state index in [1.54, 1.807) is 0 Å². The minimum atomic E-state index is -0.572. The van der Waals surface area contributed by atoms with Crippen LogP contribution in [0.3, 0.4) is 0 Å². The Balaban J connectivity index is 3.00. The van der Waals surface area contributed by atoms with Gasteiger partial charge in [0.1, 0.15) is 23.6 Å². The number of nitro groups is 1. The smallest absolute Gasteiger partial charge is 0.289 e. The molecule has 6 nitrogen and oxygen atoms in total. The van der Waals surface area contributed by atoms with E-state index in [1.807, 2.05) is 13.0 Å². The Morgan fingerprint density at radius 2 is 2.47 bits per heavy atom. The number of nitriles is 1. The van der Waals surface area contributed by atoms with Crippen molar-refractivity contribution >= 4 is 11.5 Å². The van der Waals surface area contributed by atoms with Gasteiger partial charge in [0.2, 0.25) is 0 Å². The van der Waals surface area contributed by atoms with Crippen molar-refractivity contribution in [1.82, 2.24) is 4.98 Å². The zero-order valence-corrected chi connectivity index (χ0v) is 8.23. The largest absolute Gasteiger partial charge is 0.369 e. The molecule has 78 valence electrons. The molecule has 0 fully saturated rings. The molecule has 1 heterocycles. The fourth-order valence-corrected chi connectivity index (χ4v) is 1.02. The summed E-state index contributed by atoms with van der Waals surface area (Å²) in [6.45, 7) is 2.66. The van der Waals surface area contributed by atoms with E-state index in [0.29, 0.717) is 12.4 Å². The monoisotopic (exact) mass is 206 g/mol. The number of nitrogens with zero attached hydrogens (tertiary/aromatic N) is 3. The molecular formula is C9H10N4O2. The number of rotatable bonds is 4. The first-order valence-electron chi connectivity index (χ1n) is 4.47. The molecule has 1 rings (SSSR count). The molecule has 0 amide bonds. The Bertz CT molecular complexity index is 411. The van der Waals surface area contributed by atoms with Crippen LogP contribution in [0.2, 0.25) is 0 Å². The number of hydrogen-bond donors (Lipinski definition) is 1. The highest BCUT2D eigenvalue weighted by Gasteiger charge is 2.11. The summed E-state index contributed by atoms with van der Waals surface area (Å²) in [5, 5.41) is 22.1. The van der Waals surface area contributed by atoms with Crippen molar-refractivity contribution in [2.45, 2.75) is 13.3 Å². The molecule has 0 radical (unpaired) electrons. The molecule has 6 heteroatoms. The Kier molecular flexibility index (Phi) is 3.57. The van der Waals surface area contributed by atoms with E-state index < -0.39 is 4.92 Å². The summed E-state index contributed by atoms with van der Waals surface area (Å²) < 4.78 is 0. The standard InChI is InChI=1S/C9H10N4O2/c1-2-3-11-9-7(5-10)4-8(6-12-9)13(14)15/h4,6H,2-3H2,1H3,(H,11,12). The number of pyridine rings is 1. The van der Waals surface area contributed by atoms with Crippen molar-refractivity contribution < 1.29 is 4.92 Å². The van der Waals surface area contributed by atoms with Crippen LogP contribution in [0, 0.1) is 21.4 Å². The Morgan fingerprint density at radius 3 is 3.00 bits per heavy atom. The summed E-state index contributed by atoms with van der Waals surface area (Å²) >= 11 is 0. The third-order valence-corrected chi connectivity index (χ3v) is 1.75. The van der Waals surface area contributed by atoms with Crippen LogP contribution in [0.1, 0.15) is 18.9 Å². The van der Waals surface area contributed by atoms with E-state index in [2.05, 4.69) is 10.3 Å². The second-order valence-electron chi connectivity index (χ2n) is 2.89. The van der Waals surface area contributed by atoms with Gasteiger partial charge in [0.05, 0.1) is 4.92 Å². The lowest BCUT2D eigenvalue weighted by Crippen LogP contribution is -2.04. The maximum Gasteiger partial charge on any atom is 0.289 e. The second kappa shape index (κ2) is 4.91. The van der Waals surface area contributed by atoms with Gasteiger partial charge < -0.3 is 5.32 Å². The lowest BCUT2D eigenvalue weighted by atomic mass is 10.2. The van der Waals surface area contributed by atoms with Crippen molar-refractivity contribution in [3.05, 3.63) is 27.9 Å². The fraction of sp³-hybridized carbons (Fsp3) is 0.333. The molecule has 1 N–H and O–H groups in total. The summed E-state index contributed by atoms with van der Waals surface area (Å²) in [6, 6.07) is 3.08. The summed E-state index contributed by atoms with van der Waals surface area (Å²) in [5.41, 5.74) is 0.0197. The van der Waals surface area contributed by atoms with E-state index in [4.69, 9.17) is 5.26 Å². The van der Waals surface area contributed by atoms with Crippen LogP contribution in [0.25, 0.3) is 0 Å². The van der Waals surface area contributed by atoms with E-state index in [9.17, 15) is 10.1 Å². The highest BCUT2D eigenvalue weighted by atomic mass is 16.6. The Hall–Kier alpha value is -2.16. The zero-order chi connectivity index (χ0) is 11.3. The number of nitrogens with one attached hydrogen (secondary N) is 1. The van der Waals surface area contributed by atoms with Gasteiger partial charge in [0.15, 0.2) is 0 Å². The van der Waals surface area contributed by atoms with Crippen LogP contribution in [0.15, 0.2) is 12.3 Å². The summed E-state index contributed by atoms with van der Waals surface area (Å²) in [7, 11) is 0. The van der Waals surface area contributed by atoms with Crippen molar-refractivity contribution in [2.24, 2.45) is 0 Å². The van der Waals surface area contributed by atoms with Crippen LogP contribution >= 0.6 is 0 Å². The van der Waals surface area contributed by atoms with Gasteiger partial charge in [-0.1, -0.05) is 6.92 Å². The molecule has 1 aromatic rings. The van der Waals surface area contributed by atoms with E-state index in [-0.39, 0.29) is 11.3 Å². The average molecular weight is 206 g/mol. The van der Waals surface area contributed by atoms with Gasteiger partial charge in [-0.3, -0.25) is 10.1 Å². The molecule has 0 aliphatic carbocycles. The quantitative estimate of drug-likeness (QED) is 0.597. The van der Waals surface area contributed by atoms with Gasteiger partial charge in [-0.2, -0.15) is 5.26 Å². The molecular weight excluding hydrogens is 196 g/mol. The number of aromatic nitrogens is 1. The van der Waals surface area contributed by atoms with Crippen LogP contribution in [0.5, 0.6) is 0 Å². The van der Waals surface area contributed by atoms with E-state index >= 15 is 0 Å². The Morgan fingerprint density at radius 1 is 1.73 bits per heavy atom. The van der Waals surface area contributed by atoms with Crippen LogP contribution in [-0.2, 0) is 0 Å². The van der Waals surface area contributed by atoms with Crippen LogP contribution in [-0.4, -0.2) is 16.5 Å². The first kappa shape index (κ1) is 10.9. The van der Waals surface area contributed by atoms with Gasteiger partial charge in [-0.25, -0.2) is 4.98 Å². The maximum absolute atomic E-state index is 10.4. The lowest BCUT2D eigenvalue weighted by molar-refractivity contribution is -0.385. The van der Waals surface area contributed by atoms with Crippen LogP contribution in [0.4, 0.5) is 11.5 Å². The third-order valence-electron chi connectivity index (χ3n) is 1.75. The molecule has 0 saturated carbocycles. The van der Waals surface area contributed by atoms with Crippen molar-refractivity contribution in [3.8, 4) is 6.07 Å². The molecule has 0 atom stereocenters. The van der Waals surface area contributed by atoms with Crippen molar-refractivity contribution in [2.75, 3.05) is 11.9 Å². The number of anilines is 1. The molecule has 0 unspecified atom stereocenters. The third kappa shape index (κ3) is 2.64. The minimum Gasteiger partial charge on any atom is -0.369 e. The molecule has 0 saturated heterocycles. The van der Waals surface area contributed by atoms with Gasteiger partial charge >= 0.3 is 0 Å². The molecule has 0 aliphatic heterocycles. The molecule has 0 bridgehead atoms. The van der Waals surface area contributed by atoms with Crippen LogP contribution < -0.4 is 5.32 Å². The van der Waals surface area contributed by atoms with Gasteiger partial charge in [0.25, 0.3) is 5.69 Å². The van der Waals surface area contributed by atoms with Gasteiger partial charge in [-0.15, -0.1) is 0 Å². The topological polar surface area (TPSA) is 91.8 Å². The summed E-state index contributed by atoms with van der Waals surface area (Å²) in [6.07, 6.45) is 2.03. The summed E-state index contributed by atoms with van der Waals surface area (Å²) in [4.78, 5) is 13.7. The predicted molar refractivity (Wildman–Crippen MR) is 54.4 cm³/mol.